The average Bonchev–Trinajstić information content (AvgIpc) is 3.27. The molecule has 4 rings (SSSR count). The molecule has 1 amide bonds. The molecule has 1 saturated heterocycles. The van der Waals surface area contributed by atoms with E-state index in [2.05, 4.69) is 15.5 Å². The molecule has 0 unspecified atom stereocenters. The van der Waals surface area contributed by atoms with Crippen LogP contribution >= 0.6 is 0 Å². The summed E-state index contributed by atoms with van der Waals surface area (Å²) in [5.41, 5.74) is 1.57. The number of hydrogen-bond donors (Lipinski definition) is 2. The molecule has 20 heavy (non-hydrogen) atoms. The van der Waals surface area contributed by atoms with E-state index < -0.39 is 5.54 Å². The zero-order valence-electron chi connectivity index (χ0n) is 11.7. The molecule has 3 aliphatic rings. The zero-order valence-corrected chi connectivity index (χ0v) is 11.7. The normalized spacial score (nSPS) is 24.9. The van der Waals surface area contributed by atoms with Gasteiger partial charge < -0.3 is 15.5 Å². The quantitative estimate of drug-likeness (QED) is 0.867. The highest BCUT2D eigenvalue weighted by Crippen LogP contribution is 2.37. The summed E-state index contributed by atoms with van der Waals surface area (Å²) >= 11 is 0. The summed E-state index contributed by atoms with van der Waals surface area (Å²) in [5.74, 6) is 1.07. The molecule has 1 aromatic carbocycles. The lowest BCUT2D eigenvalue weighted by Gasteiger charge is -2.44. The Hall–Kier alpha value is -1.55. The van der Waals surface area contributed by atoms with E-state index in [0.717, 1.165) is 43.2 Å². The molecule has 4 nitrogen and oxygen atoms in total. The number of likely N-dealkylation sites (tertiary alicyclic amines) is 1. The lowest BCUT2D eigenvalue weighted by atomic mass is 9.84. The molecule has 106 valence electrons. The van der Waals surface area contributed by atoms with Gasteiger partial charge in [-0.25, -0.2) is 0 Å². The number of piperidine rings is 1. The van der Waals surface area contributed by atoms with Crippen molar-refractivity contribution in [2.75, 3.05) is 30.3 Å². The minimum atomic E-state index is -0.394. The molecule has 2 aliphatic heterocycles. The Labute approximate surface area is 119 Å². The van der Waals surface area contributed by atoms with E-state index in [1.807, 2.05) is 24.3 Å². The van der Waals surface area contributed by atoms with Crippen molar-refractivity contribution in [3.05, 3.63) is 24.3 Å². The van der Waals surface area contributed by atoms with Crippen LogP contribution in [-0.4, -0.2) is 36.0 Å². The van der Waals surface area contributed by atoms with Gasteiger partial charge in [-0.2, -0.15) is 0 Å². The van der Waals surface area contributed by atoms with Crippen LogP contribution in [0.15, 0.2) is 24.3 Å². The molecule has 2 fully saturated rings. The van der Waals surface area contributed by atoms with Crippen molar-refractivity contribution in [3.8, 4) is 0 Å². The molecule has 0 radical (unpaired) electrons. The van der Waals surface area contributed by atoms with Gasteiger partial charge in [0, 0.05) is 19.6 Å². The van der Waals surface area contributed by atoms with E-state index in [4.69, 9.17) is 0 Å². The minimum Gasteiger partial charge on any atom is -0.369 e. The highest BCUT2D eigenvalue weighted by molar-refractivity contribution is 6.06. The third-order valence-corrected chi connectivity index (χ3v) is 4.91. The molecule has 1 saturated carbocycles. The number of benzene rings is 1. The van der Waals surface area contributed by atoms with Gasteiger partial charge in [-0.1, -0.05) is 12.1 Å². The molecule has 2 heterocycles. The van der Waals surface area contributed by atoms with E-state index in [0.29, 0.717) is 0 Å². The van der Waals surface area contributed by atoms with Crippen LogP contribution in [0.2, 0.25) is 0 Å². The minimum absolute atomic E-state index is 0.141. The summed E-state index contributed by atoms with van der Waals surface area (Å²) in [7, 11) is 0. The first-order valence-corrected chi connectivity index (χ1v) is 7.66. The van der Waals surface area contributed by atoms with Crippen molar-refractivity contribution >= 4 is 17.3 Å². The summed E-state index contributed by atoms with van der Waals surface area (Å²) < 4.78 is 0. The number of hydrogen-bond acceptors (Lipinski definition) is 3. The molecule has 0 bridgehead atoms. The molecule has 2 N–H and O–H groups in total. The smallest absolute Gasteiger partial charge is 0.250 e. The van der Waals surface area contributed by atoms with E-state index in [-0.39, 0.29) is 5.91 Å². The molecule has 0 atom stereocenters. The molecular weight excluding hydrogens is 250 g/mol. The Kier molecular flexibility index (Phi) is 2.74. The SMILES string of the molecule is O=C1Nc2ccccc2NC12CCN(CC1CC1)CC2. The van der Waals surface area contributed by atoms with Crippen molar-refractivity contribution in [2.24, 2.45) is 5.92 Å². The number of amides is 1. The van der Waals surface area contributed by atoms with Gasteiger partial charge in [0.1, 0.15) is 5.54 Å². The lowest BCUT2D eigenvalue weighted by Crippen LogP contribution is -2.58. The first-order chi connectivity index (χ1) is 9.75. The highest BCUT2D eigenvalue weighted by atomic mass is 16.2. The fourth-order valence-corrected chi connectivity index (χ4v) is 3.39. The fourth-order valence-electron chi connectivity index (χ4n) is 3.39. The first kappa shape index (κ1) is 12.2. The van der Waals surface area contributed by atoms with Crippen LogP contribution in [-0.2, 0) is 4.79 Å². The second-order valence-electron chi connectivity index (χ2n) is 6.45. The molecular formula is C16H21N3O. The first-order valence-electron chi connectivity index (χ1n) is 7.66. The number of nitrogens with zero attached hydrogens (tertiary/aromatic N) is 1. The summed E-state index contributed by atoms with van der Waals surface area (Å²) in [6, 6.07) is 7.97. The third-order valence-electron chi connectivity index (χ3n) is 4.91. The van der Waals surface area contributed by atoms with Crippen LogP contribution in [0.5, 0.6) is 0 Å². The number of carbonyl (C=O) groups excluding carboxylic acids is 1. The maximum Gasteiger partial charge on any atom is 0.250 e. The van der Waals surface area contributed by atoms with Gasteiger partial charge >= 0.3 is 0 Å². The third kappa shape index (κ3) is 2.08. The number of carbonyl (C=O) groups is 1. The number of rotatable bonds is 2. The average molecular weight is 271 g/mol. The van der Waals surface area contributed by atoms with E-state index in [9.17, 15) is 4.79 Å². The number of anilines is 2. The Morgan fingerprint density at radius 1 is 1.15 bits per heavy atom. The highest BCUT2D eigenvalue weighted by Gasteiger charge is 2.44. The van der Waals surface area contributed by atoms with Crippen molar-refractivity contribution in [1.29, 1.82) is 0 Å². The molecule has 1 aliphatic carbocycles. The van der Waals surface area contributed by atoms with E-state index in [1.54, 1.807) is 0 Å². The number of nitrogens with one attached hydrogen (secondary N) is 2. The van der Waals surface area contributed by atoms with Crippen LogP contribution in [0.1, 0.15) is 25.7 Å². The zero-order chi connectivity index (χ0) is 13.6. The summed E-state index contributed by atoms with van der Waals surface area (Å²) in [4.78, 5) is 15.0. The van der Waals surface area contributed by atoms with Gasteiger partial charge in [-0.3, -0.25) is 4.79 Å². The standard InChI is InChI=1S/C16H21N3O/c20-15-16(18-14-4-2-1-3-13(14)17-15)7-9-19(10-8-16)11-12-5-6-12/h1-4,12,18H,5-11H2,(H,17,20). The largest absolute Gasteiger partial charge is 0.369 e. The fraction of sp³-hybridized carbons (Fsp3) is 0.562. The Morgan fingerprint density at radius 3 is 2.55 bits per heavy atom. The maximum absolute atomic E-state index is 12.5. The van der Waals surface area contributed by atoms with Gasteiger partial charge in [-0.05, 0) is 43.7 Å². The van der Waals surface area contributed by atoms with Crippen molar-refractivity contribution in [2.45, 2.75) is 31.2 Å². The van der Waals surface area contributed by atoms with Crippen LogP contribution < -0.4 is 10.6 Å². The number of para-hydroxylation sites is 2. The Morgan fingerprint density at radius 2 is 1.85 bits per heavy atom. The van der Waals surface area contributed by atoms with Gasteiger partial charge in [0.2, 0.25) is 5.91 Å². The van der Waals surface area contributed by atoms with E-state index in [1.165, 1.54) is 19.4 Å². The van der Waals surface area contributed by atoms with Gasteiger partial charge in [0.05, 0.1) is 11.4 Å². The monoisotopic (exact) mass is 271 g/mol. The van der Waals surface area contributed by atoms with Crippen molar-refractivity contribution in [3.63, 3.8) is 0 Å². The van der Waals surface area contributed by atoms with Crippen LogP contribution in [0.25, 0.3) is 0 Å². The van der Waals surface area contributed by atoms with Gasteiger partial charge in [-0.15, -0.1) is 0 Å². The predicted octanol–water partition coefficient (Wildman–Crippen LogP) is 2.30. The number of fused-ring (bicyclic) bond motifs is 1. The van der Waals surface area contributed by atoms with Gasteiger partial charge in [0.25, 0.3) is 0 Å². The predicted molar refractivity (Wildman–Crippen MR) is 79.8 cm³/mol. The van der Waals surface area contributed by atoms with Crippen LogP contribution in [0.3, 0.4) is 0 Å². The molecule has 1 aromatic rings. The van der Waals surface area contributed by atoms with Crippen LogP contribution in [0.4, 0.5) is 11.4 Å². The molecule has 1 spiro atoms. The van der Waals surface area contributed by atoms with E-state index >= 15 is 0 Å². The summed E-state index contributed by atoms with van der Waals surface area (Å²) in [5, 5.41) is 6.58. The van der Waals surface area contributed by atoms with Gasteiger partial charge in [0.15, 0.2) is 0 Å². The topological polar surface area (TPSA) is 44.4 Å². The molecule has 0 aromatic heterocycles. The Balaban J connectivity index is 1.49. The summed E-state index contributed by atoms with van der Waals surface area (Å²) in [6.07, 6.45) is 4.60. The lowest BCUT2D eigenvalue weighted by molar-refractivity contribution is -0.122. The van der Waals surface area contributed by atoms with Crippen molar-refractivity contribution < 1.29 is 4.79 Å². The van der Waals surface area contributed by atoms with Crippen molar-refractivity contribution in [1.82, 2.24) is 4.90 Å². The maximum atomic E-state index is 12.5. The summed E-state index contributed by atoms with van der Waals surface area (Å²) in [6.45, 7) is 3.28. The Bertz CT molecular complexity index is 530. The second kappa shape index (κ2) is 4.48. The molecule has 4 heteroatoms. The van der Waals surface area contributed by atoms with Crippen LogP contribution in [0, 0.1) is 5.92 Å². The second-order valence-corrected chi connectivity index (χ2v) is 6.45.